The highest BCUT2D eigenvalue weighted by Gasteiger charge is 2.38. The lowest BCUT2D eigenvalue weighted by molar-refractivity contribution is -0.127. The van der Waals surface area contributed by atoms with Crippen LogP contribution in [0.5, 0.6) is 5.75 Å². The molecule has 0 radical (unpaired) electrons. The van der Waals surface area contributed by atoms with E-state index in [0.717, 1.165) is 0 Å². The molecule has 1 aliphatic heterocycles. The summed E-state index contributed by atoms with van der Waals surface area (Å²) in [6.07, 6.45) is 5.85. The van der Waals surface area contributed by atoms with Crippen LogP contribution in [0.4, 0.5) is 0 Å². The second-order valence-corrected chi connectivity index (χ2v) is 14.6. The van der Waals surface area contributed by atoms with E-state index in [4.69, 9.17) is 18.3 Å². The third-order valence-electron chi connectivity index (χ3n) is 7.14. The fourth-order valence-electron chi connectivity index (χ4n) is 5.22. The van der Waals surface area contributed by atoms with Gasteiger partial charge in [-0.25, -0.2) is 14.2 Å². The number of ether oxygens (including phenoxy) is 1. The minimum Gasteiger partial charge on any atom is -0.494 e. The van der Waals surface area contributed by atoms with Crippen molar-refractivity contribution in [2.45, 2.75) is 59.5 Å². The number of nitrogens with zero attached hydrogens (tertiary/aromatic N) is 7. The number of pyridine rings is 1. The average molecular weight is 682 g/mol. The maximum atomic E-state index is 14.0. The molecule has 0 saturated carbocycles. The summed E-state index contributed by atoms with van der Waals surface area (Å²) in [5, 5.41) is 8.20. The number of carbonyl (C=O) groups is 3. The van der Waals surface area contributed by atoms with E-state index >= 15 is 0 Å². The monoisotopic (exact) mass is 681 g/mol. The SMILES string of the molecule is COc1cnc(-n2ccnn2)c2c1c(C(=O)C(=O)N1CCN(C(=O)c3ccccc3)CC1)cn2COP(=O)(OC(C)(C)C)OC(C)(C)C. The minimum atomic E-state index is -4.19. The molecular weight excluding hydrogens is 641 g/mol. The number of amides is 2. The van der Waals surface area contributed by atoms with Crippen LogP contribution in [0.25, 0.3) is 16.7 Å². The van der Waals surface area contributed by atoms with Gasteiger partial charge in [-0.05, 0) is 53.7 Å². The molecule has 16 heteroatoms. The zero-order valence-electron chi connectivity index (χ0n) is 28.1. The average Bonchev–Trinajstić information content (AvgIpc) is 3.70. The van der Waals surface area contributed by atoms with Gasteiger partial charge in [0.25, 0.3) is 17.6 Å². The zero-order chi connectivity index (χ0) is 34.9. The summed E-state index contributed by atoms with van der Waals surface area (Å²) < 4.78 is 39.8. The van der Waals surface area contributed by atoms with Crippen molar-refractivity contribution >= 4 is 36.3 Å². The molecular formula is C32H40N7O8P. The molecule has 48 heavy (non-hydrogen) atoms. The Kier molecular flexibility index (Phi) is 9.88. The van der Waals surface area contributed by atoms with Gasteiger partial charge in [-0.3, -0.25) is 28.0 Å². The van der Waals surface area contributed by atoms with Crippen LogP contribution >= 0.6 is 7.82 Å². The van der Waals surface area contributed by atoms with Crippen molar-refractivity contribution in [3.05, 3.63) is 66.2 Å². The summed E-state index contributed by atoms with van der Waals surface area (Å²) in [5.41, 5.74) is -0.922. The summed E-state index contributed by atoms with van der Waals surface area (Å²) in [7, 11) is -2.77. The first kappa shape index (κ1) is 34.9. The number of carbonyl (C=O) groups excluding carboxylic acids is 3. The largest absolute Gasteiger partial charge is 0.494 e. The molecule has 2 amide bonds. The van der Waals surface area contributed by atoms with Gasteiger partial charge in [0.1, 0.15) is 18.0 Å². The molecule has 15 nitrogen and oxygen atoms in total. The van der Waals surface area contributed by atoms with Crippen molar-refractivity contribution in [2.24, 2.45) is 0 Å². The summed E-state index contributed by atoms with van der Waals surface area (Å²) in [6, 6.07) is 8.89. The molecule has 5 rings (SSSR count). The van der Waals surface area contributed by atoms with Crippen LogP contribution in [0.1, 0.15) is 62.3 Å². The summed E-state index contributed by atoms with van der Waals surface area (Å²) in [4.78, 5) is 48.2. The molecule has 0 aliphatic carbocycles. The van der Waals surface area contributed by atoms with Crippen LogP contribution in [0.2, 0.25) is 0 Å². The number of ketones is 1. The molecule has 1 saturated heterocycles. The van der Waals surface area contributed by atoms with Gasteiger partial charge in [0.15, 0.2) is 5.82 Å². The molecule has 0 bridgehead atoms. The number of hydrogen-bond donors (Lipinski definition) is 0. The van der Waals surface area contributed by atoms with Crippen molar-refractivity contribution < 1.29 is 37.3 Å². The molecule has 1 aromatic carbocycles. The number of piperazine rings is 1. The molecule has 256 valence electrons. The predicted molar refractivity (Wildman–Crippen MR) is 175 cm³/mol. The summed E-state index contributed by atoms with van der Waals surface area (Å²) in [6.45, 7) is 10.8. The Morgan fingerprint density at radius 1 is 0.917 bits per heavy atom. The topological polar surface area (TPSA) is 160 Å². The molecule has 4 aromatic rings. The highest BCUT2D eigenvalue weighted by molar-refractivity contribution is 7.48. The molecule has 0 spiro atoms. The third-order valence-corrected chi connectivity index (χ3v) is 9.11. The van der Waals surface area contributed by atoms with E-state index in [0.29, 0.717) is 11.1 Å². The molecule has 1 fully saturated rings. The van der Waals surface area contributed by atoms with Crippen LogP contribution in [-0.2, 0) is 29.7 Å². The van der Waals surface area contributed by atoms with Crippen LogP contribution in [-0.4, -0.2) is 96.4 Å². The van der Waals surface area contributed by atoms with Crippen molar-refractivity contribution in [3.63, 3.8) is 0 Å². The number of fused-ring (bicyclic) bond motifs is 1. The lowest BCUT2D eigenvalue weighted by Gasteiger charge is -2.34. The van der Waals surface area contributed by atoms with E-state index in [-0.39, 0.29) is 54.6 Å². The van der Waals surface area contributed by atoms with Crippen LogP contribution in [0.3, 0.4) is 0 Å². The number of phosphoric acid groups is 1. The van der Waals surface area contributed by atoms with Crippen molar-refractivity contribution in [1.29, 1.82) is 0 Å². The fourth-order valence-corrected chi connectivity index (χ4v) is 6.97. The Bertz CT molecular complexity index is 1820. The molecule has 1 aliphatic rings. The third kappa shape index (κ3) is 7.81. The molecule has 0 unspecified atom stereocenters. The van der Waals surface area contributed by atoms with Gasteiger partial charge in [0.05, 0.1) is 47.9 Å². The van der Waals surface area contributed by atoms with Gasteiger partial charge in [-0.2, -0.15) is 0 Å². The second kappa shape index (κ2) is 13.6. The van der Waals surface area contributed by atoms with Gasteiger partial charge in [0.2, 0.25) is 0 Å². The van der Waals surface area contributed by atoms with E-state index in [2.05, 4.69) is 15.3 Å². The van der Waals surface area contributed by atoms with E-state index in [1.54, 1.807) is 76.9 Å². The fraction of sp³-hybridized carbons (Fsp3) is 0.438. The van der Waals surface area contributed by atoms with Crippen LogP contribution in [0.15, 0.2) is 55.1 Å². The predicted octanol–water partition coefficient (Wildman–Crippen LogP) is 4.51. The molecule has 0 N–H and O–H groups in total. The standard InChI is InChI=1S/C32H40N7O8P/c1-31(2,3)46-48(43,47-32(4,5)6)45-21-38-20-23(25-24(44-7)19-33-28(26(25)38)39-14-13-34-35-39)27(40)30(42)37-17-15-36(16-18-37)29(41)22-11-9-8-10-12-22/h8-14,19-20H,15-18,21H2,1-7H3. The smallest absolute Gasteiger partial charge is 0.477 e. The molecule has 4 heterocycles. The Labute approximate surface area is 278 Å². The quantitative estimate of drug-likeness (QED) is 0.132. The normalized spacial score (nSPS) is 14.4. The summed E-state index contributed by atoms with van der Waals surface area (Å²) >= 11 is 0. The first-order chi connectivity index (χ1) is 22.6. The Hall–Kier alpha value is -4.43. The van der Waals surface area contributed by atoms with Crippen molar-refractivity contribution in [1.82, 2.24) is 34.3 Å². The maximum absolute atomic E-state index is 14.0. The number of benzene rings is 1. The van der Waals surface area contributed by atoms with E-state index in [1.165, 1.54) is 39.8 Å². The highest BCUT2D eigenvalue weighted by Crippen LogP contribution is 2.55. The van der Waals surface area contributed by atoms with Gasteiger partial charge in [0, 0.05) is 37.9 Å². The number of Topliss-reactive ketones (excluding diaryl/α,β-unsaturated/α-hetero) is 1. The first-order valence-corrected chi connectivity index (χ1v) is 16.8. The number of methoxy groups -OCH3 is 1. The van der Waals surface area contributed by atoms with Crippen LogP contribution in [0, 0.1) is 0 Å². The lowest BCUT2D eigenvalue weighted by atomic mass is 10.1. The minimum absolute atomic E-state index is 0.00492. The van der Waals surface area contributed by atoms with Gasteiger partial charge in [-0.1, -0.05) is 23.4 Å². The Balaban J connectivity index is 1.49. The number of aromatic nitrogens is 5. The molecule has 0 atom stereocenters. The number of phosphoric ester groups is 1. The summed E-state index contributed by atoms with van der Waals surface area (Å²) in [5.74, 6) is -1.24. The Morgan fingerprint density at radius 3 is 2.10 bits per heavy atom. The first-order valence-electron chi connectivity index (χ1n) is 15.4. The van der Waals surface area contributed by atoms with Gasteiger partial charge >= 0.3 is 7.82 Å². The lowest BCUT2D eigenvalue weighted by Crippen LogP contribution is -2.52. The van der Waals surface area contributed by atoms with Crippen molar-refractivity contribution in [3.8, 4) is 11.6 Å². The van der Waals surface area contributed by atoms with Crippen molar-refractivity contribution in [2.75, 3.05) is 33.3 Å². The van der Waals surface area contributed by atoms with E-state index in [1.807, 2.05) is 6.07 Å². The van der Waals surface area contributed by atoms with Gasteiger partial charge in [-0.15, -0.1) is 5.10 Å². The second-order valence-electron chi connectivity index (χ2n) is 13.1. The highest BCUT2D eigenvalue weighted by atomic mass is 31.2. The number of rotatable bonds is 10. The van der Waals surface area contributed by atoms with Crippen LogP contribution < -0.4 is 4.74 Å². The number of hydrogen-bond acceptors (Lipinski definition) is 11. The van der Waals surface area contributed by atoms with E-state index in [9.17, 15) is 18.9 Å². The van der Waals surface area contributed by atoms with E-state index < -0.39 is 37.4 Å². The molecule has 3 aromatic heterocycles. The Morgan fingerprint density at radius 2 is 1.54 bits per heavy atom. The zero-order valence-corrected chi connectivity index (χ0v) is 29.0. The maximum Gasteiger partial charge on any atom is 0.477 e. The van der Waals surface area contributed by atoms with Gasteiger partial charge < -0.3 is 19.1 Å².